The second-order valence-corrected chi connectivity index (χ2v) is 6.95. The lowest BCUT2D eigenvalue weighted by atomic mass is 9.92. The van der Waals surface area contributed by atoms with E-state index in [1.807, 2.05) is 30.1 Å². The fraction of sp³-hybridized carbons (Fsp3) is 0.357. The van der Waals surface area contributed by atoms with Gasteiger partial charge in [0.2, 0.25) is 0 Å². The summed E-state index contributed by atoms with van der Waals surface area (Å²) in [5.74, 6) is 0.0551. The average molecular weight is 339 g/mol. The van der Waals surface area contributed by atoms with Crippen LogP contribution in [0.15, 0.2) is 22.7 Å². The fourth-order valence-corrected chi connectivity index (χ4v) is 3.79. The summed E-state index contributed by atoms with van der Waals surface area (Å²) in [4.78, 5) is 15.0. The molecule has 0 bridgehead atoms. The maximum Gasteiger partial charge on any atom is 0.266 e. The van der Waals surface area contributed by atoms with Crippen molar-refractivity contribution in [2.75, 3.05) is 12.8 Å². The molecule has 0 saturated heterocycles. The Morgan fingerprint density at radius 2 is 2.21 bits per heavy atom. The molecule has 3 rings (SSSR count). The van der Waals surface area contributed by atoms with Gasteiger partial charge < -0.3 is 10.6 Å². The molecular formula is C14H15BrN2OS. The summed E-state index contributed by atoms with van der Waals surface area (Å²) in [6.45, 7) is 0. The Bertz CT molecular complexity index is 648. The molecule has 1 aromatic carbocycles. The summed E-state index contributed by atoms with van der Waals surface area (Å²) < 4.78 is 2.04. The molecule has 1 aliphatic carbocycles. The Morgan fingerprint density at radius 1 is 1.47 bits per heavy atom. The number of hydrogen-bond donors (Lipinski definition) is 1. The third kappa shape index (κ3) is 2.15. The molecule has 1 aromatic heterocycles. The van der Waals surface area contributed by atoms with E-state index >= 15 is 0 Å². The van der Waals surface area contributed by atoms with E-state index < -0.39 is 0 Å². The Hall–Kier alpha value is -1.07. The smallest absolute Gasteiger partial charge is 0.266 e. The Kier molecular flexibility index (Phi) is 3.27. The molecule has 1 fully saturated rings. The predicted molar refractivity (Wildman–Crippen MR) is 83.7 cm³/mol. The molecule has 2 aromatic rings. The zero-order valence-electron chi connectivity index (χ0n) is 10.6. The average Bonchev–Trinajstić information content (AvgIpc) is 2.64. The zero-order chi connectivity index (χ0) is 13.6. The lowest BCUT2D eigenvalue weighted by Crippen LogP contribution is -2.41. The molecule has 1 saturated carbocycles. The number of nitrogen functional groups attached to an aromatic ring is 1. The molecule has 0 atom stereocenters. The van der Waals surface area contributed by atoms with Crippen LogP contribution in [0.25, 0.3) is 10.1 Å². The van der Waals surface area contributed by atoms with Crippen LogP contribution in [0, 0.1) is 0 Å². The highest BCUT2D eigenvalue weighted by atomic mass is 79.9. The minimum absolute atomic E-state index is 0.0551. The van der Waals surface area contributed by atoms with Crippen LogP contribution in [-0.4, -0.2) is 23.9 Å². The first kappa shape index (κ1) is 12.9. The predicted octanol–water partition coefficient (Wildman–Crippen LogP) is 3.87. The summed E-state index contributed by atoms with van der Waals surface area (Å²) in [5, 5.41) is 0.963. The summed E-state index contributed by atoms with van der Waals surface area (Å²) in [5.41, 5.74) is 6.76. The van der Waals surface area contributed by atoms with Crippen molar-refractivity contribution in [1.82, 2.24) is 4.90 Å². The molecule has 0 unspecified atom stereocenters. The summed E-state index contributed by atoms with van der Waals surface area (Å²) in [6.07, 6.45) is 3.44. The zero-order valence-corrected chi connectivity index (χ0v) is 13.1. The van der Waals surface area contributed by atoms with Gasteiger partial charge >= 0.3 is 0 Å². The first-order valence-electron chi connectivity index (χ1n) is 6.32. The van der Waals surface area contributed by atoms with Gasteiger partial charge in [-0.3, -0.25) is 4.79 Å². The molecular weight excluding hydrogens is 324 g/mol. The second kappa shape index (κ2) is 4.80. The lowest BCUT2D eigenvalue weighted by molar-refractivity contribution is 0.0658. The van der Waals surface area contributed by atoms with Crippen molar-refractivity contribution in [2.24, 2.45) is 0 Å². The molecule has 5 heteroatoms. The van der Waals surface area contributed by atoms with Gasteiger partial charge in [-0.05, 0) is 37.5 Å². The monoisotopic (exact) mass is 338 g/mol. The Balaban J connectivity index is 2.00. The van der Waals surface area contributed by atoms with Crippen LogP contribution in [-0.2, 0) is 0 Å². The van der Waals surface area contributed by atoms with Crippen molar-refractivity contribution < 1.29 is 4.79 Å². The largest absolute Gasteiger partial charge is 0.397 e. The number of nitrogens with two attached hydrogens (primary N) is 1. The Morgan fingerprint density at radius 3 is 2.84 bits per heavy atom. The van der Waals surface area contributed by atoms with Crippen molar-refractivity contribution in [2.45, 2.75) is 25.3 Å². The minimum Gasteiger partial charge on any atom is -0.397 e. The van der Waals surface area contributed by atoms with E-state index in [2.05, 4.69) is 15.9 Å². The van der Waals surface area contributed by atoms with Gasteiger partial charge in [0, 0.05) is 27.6 Å². The highest BCUT2D eigenvalue weighted by Crippen LogP contribution is 2.37. The van der Waals surface area contributed by atoms with Crippen LogP contribution in [0.2, 0.25) is 0 Å². The normalized spacial score (nSPS) is 15.5. The number of fused-ring (bicyclic) bond motifs is 1. The lowest BCUT2D eigenvalue weighted by Gasteiger charge is -2.34. The van der Waals surface area contributed by atoms with E-state index in [4.69, 9.17) is 5.73 Å². The van der Waals surface area contributed by atoms with Crippen molar-refractivity contribution in [3.63, 3.8) is 0 Å². The first-order valence-corrected chi connectivity index (χ1v) is 7.93. The SMILES string of the molecule is CN(C(=O)c1sc2ccc(Br)cc2c1N)C1CCC1. The standard InChI is InChI=1S/C14H15BrN2OS/c1-17(9-3-2-4-9)14(18)13-12(16)10-7-8(15)5-6-11(10)19-13/h5-7,9H,2-4,16H2,1H3. The Labute approximate surface area is 124 Å². The number of amides is 1. The minimum atomic E-state index is 0.0551. The van der Waals surface area contributed by atoms with Crippen LogP contribution < -0.4 is 5.73 Å². The van der Waals surface area contributed by atoms with Gasteiger partial charge in [-0.1, -0.05) is 15.9 Å². The number of carbonyl (C=O) groups is 1. The quantitative estimate of drug-likeness (QED) is 0.903. The van der Waals surface area contributed by atoms with Crippen LogP contribution in [0.3, 0.4) is 0 Å². The van der Waals surface area contributed by atoms with Crippen LogP contribution >= 0.6 is 27.3 Å². The number of rotatable bonds is 2. The summed E-state index contributed by atoms with van der Waals surface area (Å²) in [6, 6.07) is 6.34. The molecule has 100 valence electrons. The summed E-state index contributed by atoms with van der Waals surface area (Å²) in [7, 11) is 1.88. The van der Waals surface area contributed by atoms with Crippen LogP contribution in [0.5, 0.6) is 0 Å². The number of carbonyl (C=O) groups excluding carboxylic acids is 1. The van der Waals surface area contributed by atoms with E-state index in [0.717, 1.165) is 27.4 Å². The van der Waals surface area contributed by atoms with Crippen molar-refractivity contribution in [3.05, 3.63) is 27.5 Å². The fourth-order valence-electron chi connectivity index (χ4n) is 2.35. The number of anilines is 1. The first-order chi connectivity index (χ1) is 9.08. The van der Waals surface area contributed by atoms with Crippen LogP contribution in [0.4, 0.5) is 5.69 Å². The highest BCUT2D eigenvalue weighted by Gasteiger charge is 2.28. The van der Waals surface area contributed by atoms with Gasteiger partial charge in [0.15, 0.2) is 0 Å². The molecule has 2 N–H and O–H groups in total. The van der Waals surface area contributed by atoms with Gasteiger partial charge in [-0.25, -0.2) is 0 Å². The van der Waals surface area contributed by atoms with Gasteiger partial charge in [-0.15, -0.1) is 11.3 Å². The van der Waals surface area contributed by atoms with Crippen LogP contribution in [0.1, 0.15) is 28.9 Å². The maximum atomic E-state index is 12.5. The van der Waals surface area contributed by atoms with E-state index in [1.54, 1.807) is 0 Å². The molecule has 1 heterocycles. The second-order valence-electron chi connectivity index (χ2n) is 4.99. The third-order valence-corrected chi connectivity index (χ3v) is 5.49. The number of nitrogens with zero attached hydrogens (tertiary/aromatic N) is 1. The topological polar surface area (TPSA) is 46.3 Å². The van der Waals surface area contributed by atoms with Crippen molar-refractivity contribution in [1.29, 1.82) is 0 Å². The summed E-state index contributed by atoms with van der Waals surface area (Å²) >= 11 is 4.92. The molecule has 1 aliphatic rings. The molecule has 0 radical (unpaired) electrons. The maximum absolute atomic E-state index is 12.5. The van der Waals surface area contributed by atoms with Gasteiger partial charge in [0.25, 0.3) is 5.91 Å². The number of thiophene rings is 1. The molecule has 19 heavy (non-hydrogen) atoms. The van der Waals surface area contributed by atoms with E-state index in [-0.39, 0.29) is 5.91 Å². The van der Waals surface area contributed by atoms with E-state index in [1.165, 1.54) is 17.8 Å². The molecule has 0 spiro atoms. The molecule has 3 nitrogen and oxygen atoms in total. The van der Waals surface area contributed by atoms with Crippen molar-refractivity contribution in [3.8, 4) is 0 Å². The number of hydrogen-bond acceptors (Lipinski definition) is 3. The van der Waals surface area contributed by atoms with Gasteiger partial charge in [0.05, 0.1) is 5.69 Å². The molecule has 1 amide bonds. The van der Waals surface area contributed by atoms with Gasteiger partial charge in [0.1, 0.15) is 4.88 Å². The third-order valence-electron chi connectivity index (χ3n) is 3.83. The number of benzene rings is 1. The highest BCUT2D eigenvalue weighted by molar-refractivity contribution is 9.10. The van der Waals surface area contributed by atoms with E-state index in [9.17, 15) is 4.79 Å². The number of halogens is 1. The van der Waals surface area contributed by atoms with Gasteiger partial charge in [-0.2, -0.15) is 0 Å². The molecule has 0 aliphatic heterocycles. The van der Waals surface area contributed by atoms with Crippen molar-refractivity contribution >= 4 is 48.9 Å². The van der Waals surface area contributed by atoms with E-state index in [0.29, 0.717) is 16.6 Å².